The van der Waals surface area contributed by atoms with Crippen LogP contribution < -0.4 is 5.56 Å². The zero-order valence-electron chi connectivity index (χ0n) is 18.3. The number of piperazine rings is 1. The Labute approximate surface area is 192 Å². The Bertz CT molecular complexity index is 1150. The monoisotopic (exact) mass is 448 g/mol. The largest absolute Gasteiger partial charge is 0.339 e. The molecule has 1 aromatic heterocycles. The fourth-order valence-electron chi connectivity index (χ4n) is 4.07. The van der Waals surface area contributed by atoms with Crippen LogP contribution in [0.25, 0.3) is 10.9 Å². The maximum Gasteiger partial charge on any atom is 0.262 e. The second-order valence-electron chi connectivity index (χ2n) is 7.91. The zero-order valence-corrected chi connectivity index (χ0v) is 19.1. The van der Waals surface area contributed by atoms with E-state index in [2.05, 4.69) is 47.7 Å². The molecule has 1 aliphatic rings. The molecule has 4 rings (SSSR count). The summed E-state index contributed by atoms with van der Waals surface area (Å²) in [6, 6.07) is 18.1. The molecule has 0 N–H and O–H groups in total. The number of carbonyl (C=O) groups is 1. The number of benzene rings is 2. The van der Waals surface area contributed by atoms with Gasteiger partial charge in [0.05, 0.1) is 16.7 Å². The van der Waals surface area contributed by atoms with Gasteiger partial charge in [0.2, 0.25) is 5.91 Å². The number of para-hydroxylation sites is 1. The molecule has 32 heavy (non-hydrogen) atoms. The molecule has 3 aromatic rings. The number of carbonyl (C=O) groups excluding carboxylic acids is 1. The molecule has 1 aliphatic heterocycles. The van der Waals surface area contributed by atoms with E-state index in [4.69, 9.17) is 0 Å². The molecular formula is C25H28N4O2S. The highest BCUT2D eigenvalue weighted by Crippen LogP contribution is 2.22. The minimum Gasteiger partial charge on any atom is -0.339 e. The third-order valence-electron chi connectivity index (χ3n) is 5.96. The molecule has 2 heterocycles. The lowest BCUT2D eigenvalue weighted by molar-refractivity contribution is -0.130. The number of allylic oxidation sites excluding steroid dienone is 1. The summed E-state index contributed by atoms with van der Waals surface area (Å²) in [5.74, 6) is 0.338. The van der Waals surface area contributed by atoms with Gasteiger partial charge in [-0.15, -0.1) is 6.58 Å². The molecule has 1 fully saturated rings. The van der Waals surface area contributed by atoms with Crippen LogP contribution in [0, 0.1) is 0 Å². The van der Waals surface area contributed by atoms with Crippen molar-refractivity contribution in [2.45, 2.75) is 24.7 Å². The highest BCUT2D eigenvalue weighted by molar-refractivity contribution is 7.99. The van der Waals surface area contributed by atoms with E-state index in [0.29, 0.717) is 41.7 Å². The van der Waals surface area contributed by atoms with Crippen LogP contribution >= 0.6 is 11.8 Å². The molecule has 6 nitrogen and oxygen atoms in total. The van der Waals surface area contributed by atoms with Crippen LogP contribution in [0.3, 0.4) is 0 Å². The normalized spacial score (nSPS) is 15.6. The maximum absolute atomic E-state index is 12.9. The van der Waals surface area contributed by atoms with Crippen molar-refractivity contribution in [3.8, 4) is 0 Å². The number of fused-ring (bicyclic) bond motifs is 1. The lowest BCUT2D eigenvalue weighted by atomic mass is 10.1. The van der Waals surface area contributed by atoms with E-state index in [0.717, 1.165) is 13.1 Å². The van der Waals surface area contributed by atoms with Gasteiger partial charge in [0.15, 0.2) is 5.16 Å². The number of thioether (sulfide) groups is 1. The average Bonchev–Trinajstić information content (AvgIpc) is 2.85. The van der Waals surface area contributed by atoms with E-state index in [1.807, 2.05) is 29.2 Å². The number of hydrogen-bond donors (Lipinski definition) is 0. The molecule has 0 saturated carbocycles. The minimum atomic E-state index is -0.103. The molecule has 1 saturated heterocycles. The van der Waals surface area contributed by atoms with Crippen LogP contribution in [0.1, 0.15) is 18.5 Å². The number of nitrogens with zero attached hydrogens (tertiary/aromatic N) is 4. The Hall–Kier alpha value is -2.90. The fourth-order valence-corrected chi connectivity index (χ4v) is 4.98. The van der Waals surface area contributed by atoms with Crippen LogP contribution in [0.4, 0.5) is 0 Å². The van der Waals surface area contributed by atoms with Crippen molar-refractivity contribution >= 4 is 28.6 Å². The molecule has 166 valence electrons. The molecule has 0 bridgehead atoms. The highest BCUT2D eigenvalue weighted by Gasteiger charge is 2.25. The first kappa shape index (κ1) is 22.3. The Balaban J connectivity index is 1.39. The van der Waals surface area contributed by atoms with Gasteiger partial charge in [-0.2, -0.15) is 0 Å². The summed E-state index contributed by atoms with van der Waals surface area (Å²) in [5, 5.41) is 1.13. The third kappa shape index (κ3) is 4.79. The minimum absolute atomic E-state index is 0.0783. The van der Waals surface area contributed by atoms with E-state index in [1.54, 1.807) is 16.7 Å². The first-order valence-electron chi connectivity index (χ1n) is 10.9. The number of amides is 1. The summed E-state index contributed by atoms with van der Waals surface area (Å²) in [7, 11) is 0. The first-order chi connectivity index (χ1) is 15.6. The Morgan fingerprint density at radius 3 is 2.50 bits per heavy atom. The number of rotatable bonds is 7. The van der Waals surface area contributed by atoms with Gasteiger partial charge in [-0.25, -0.2) is 4.98 Å². The molecular weight excluding hydrogens is 420 g/mol. The Morgan fingerprint density at radius 2 is 1.78 bits per heavy atom. The van der Waals surface area contributed by atoms with Gasteiger partial charge in [0.25, 0.3) is 5.56 Å². The van der Waals surface area contributed by atoms with E-state index in [9.17, 15) is 9.59 Å². The lowest BCUT2D eigenvalue weighted by Crippen LogP contribution is -2.49. The molecule has 7 heteroatoms. The van der Waals surface area contributed by atoms with Crippen LogP contribution in [0.2, 0.25) is 0 Å². The van der Waals surface area contributed by atoms with Crippen LogP contribution in [-0.4, -0.2) is 57.2 Å². The lowest BCUT2D eigenvalue weighted by Gasteiger charge is -2.38. The molecule has 0 aliphatic carbocycles. The topological polar surface area (TPSA) is 58.4 Å². The van der Waals surface area contributed by atoms with E-state index in [-0.39, 0.29) is 17.2 Å². The summed E-state index contributed by atoms with van der Waals surface area (Å²) in [6.07, 6.45) is 1.68. The molecule has 0 spiro atoms. The third-order valence-corrected chi connectivity index (χ3v) is 6.92. The molecule has 0 radical (unpaired) electrons. The maximum atomic E-state index is 12.9. The van der Waals surface area contributed by atoms with Crippen LogP contribution in [0.5, 0.6) is 0 Å². The molecule has 1 amide bonds. The van der Waals surface area contributed by atoms with Gasteiger partial charge in [-0.3, -0.25) is 19.1 Å². The molecule has 1 unspecified atom stereocenters. The Morgan fingerprint density at radius 1 is 1.09 bits per heavy atom. The van der Waals surface area contributed by atoms with Crippen molar-refractivity contribution in [2.75, 3.05) is 31.9 Å². The number of aromatic nitrogens is 2. The van der Waals surface area contributed by atoms with Crippen LogP contribution in [0.15, 0.2) is 77.2 Å². The van der Waals surface area contributed by atoms with Gasteiger partial charge in [0, 0.05) is 38.8 Å². The van der Waals surface area contributed by atoms with E-state index in [1.165, 1.54) is 17.3 Å². The molecule has 2 aromatic carbocycles. The standard InChI is InChI=1S/C25H28N4O2S/c1-3-13-29-24(31)21-11-7-8-12-22(21)26-25(29)32-18-23(30)28-16-14-27(15-17-28)19(2)20-9-5-4-6-10-20/h3-12,19H,1,13-18H2,2H3. The predicted molar refractivity (Wildman–Crippen MR) is 130 cm³/mol. The van der Waals surface area contributed by atoms with Crippen LogP contribution in [-0.2, 0) is 11.3 Å². The SMILES string of the molecule is C=CCn1c(SCC(=O)N2CCN(C(C)c3ccccc3)CC2)nc2ccccc2c1=O. The van der Waals surface area contributed by atoms with Crippen molar-refractivity contribution in [3.63, 3.8) is 0 Å². The summed E-state index contributed by atoms with van der Waals surface area (Å²) >= 11 is 1.32. The average molecular weight is 449 g/mol. The van der Waals surface area contributed by atoms with Crippen molar-refractivity contribution in [1.82, 2.24) is 19.4 Å². The smallest absolute Gasteiger partial charge is 0.262 e. The second-order valence-corrected chi connectivity index (χ2v) is 8.85. The summed E-state index contributed by atoms with van der Waals surface area (Å²) in [5.41, 5.74) is 1.84. The Kier molecular flexibility index (Phi) is 7.07. The number of hydrogen-bond acceptors (Lipinski definition) is 5. The van der Waals surface area contributed by atoms with Gasteiger partial charge in [-0.05, 0) is 24.6 Å². The van der Waals surface area contributed by atoms with Crippen molar-refractivity contribution in [1.29, 1.82) is 0 Å². The summed E-state index contributed by atoms with van der Waals surface area (Å²) in [6.45, 7) is 9.45. The van der Waals surface area contributed by atoms with Gasteiger partial charge in [-0.1, -0.05) is 60.3 Å². The fraction of sp³-hybridized carbons (Fsp3) is 0.320. The highest BCUT2D eigenvalue weighted by atomic mass is 32.2. The van der Waals surface area contributed by atoms with Crippen molar-refractivity contribution < 1.29 is 4.79 Å². The first-order valence-corrected chi connectivity index (χ1v) is 11.9. The predicted octanol–water partition coefficient (Wildman–Crippen LogP) is 3.58. The van der Waals surface area contributed by atoms with E-state index >= 15 is 0 Å². The van der Waals surface area contributed by atoms with Gasteiger partial charge in [0.1, 0.15) is 0 Å². The second kappa shape index (κ2) is 10.1. The summed E-state index contributed by atoms with van der Waals surface area (Å²) in [4.78, 5) is 34.7. The van der Waals surface area contributed by atoms with Crippen molar-refractivity contribution in [3.05, 3.63) is 83.2 Å². The summed E-state index contributed by atoms with van der Waals surface area (Å²) < 4.78 is 1.59. The van der Waals surface area contributed by atoms with Crippen molar-refractivity contribution in [2.24, 2.45) is 0 Å². The quantitative estimate of drug-likeness (QED) is 0.314. The van der Waals surface area contributed by atoms with Gasteiger partial charge < -0.3 is 4.90 Å². The van der Waals surface area contributed by atoms with Gasteiger partial charge >= 0.3 is 0 Å². The molecule has 1 atom stereocenters. The van der Waals surface area contributed by atoms with E-state index < -0.39 is 0 Å². The zero-order chi connectivity index (χ0) is 22.5.